The van der Waals surface area contributed by atoms with Crippen molar-refractivity contribution >= 4 is 11.9 Å². The maximum absolute atomic E-state index is 11.6. The first kappa shape index (κ1) is 12.2. The number of aliphatic carboxylic acids is 1. The van der Waals surface area contributed by atoms with Gasteiger partial charge in [0.05, 0.1) is 0 Å². The molecule has 0 radical (unpaired) electrons. The number of benzene rings is 1. The quantitative estimate of drug-likeness (QED) is 0.740. The van der Waals surface area contributed by atoms with Gasteiger partial charge in [-0.25, -0.2) is 4.79 Å². The maximum atomic E-state index is 11.6. The third kappa shape index (κ3) is 3.06. The Morgan fingerprint density at radius 1 is 1.31 bits per heavy atom. The van der Waals surface area contributed by atoms with E-state index in [-0.39, 0.29) is 0 Å². The van der Waals surface area contributed by atoms with Gasteiger partial charge in [-0.2, -0.15) is 0 Å². The number of hydrogen-bond donors (Lipinski definition) is 2. The van der Waals surface area contributed by atoms with Crippen LogP contribution < -0.4 is 5.32 Å². The van der Waals surface area contributed by atoms with Crippen LogP contribution in [0.1, 0.15) is 15.9 Å². The molecule has 1 rings (SSSR count). The molecule has 1 unspecified atom stereocenters. The second-order valence-corrected chi connectivity index (χ2v) is 3.29. The summed E-state index contributed by atoms with van der Waals surface area (Å²) in [4.78, 5) is 22.2. The highest BCUT2D eigenvalue weighted by Crippen LogP contribution is 2.03. The van der Waals surface area contributed by atoms with Crippen LogP contribution in [-0.2, 0) is 9.53 Å². The predicted molar refractivity (Wildman–Crippen MR) is 57.1 cm³/mol. The molecule has 2 N–H and O–H groups in total. The summed E-state index contributed by atoms with van der Waals surface area (Å²) in [5.74, 6) is -1.71. The lowest BCUT2D eigenvalue weighted by atomic mass is 10.1. The number of methoxy groups -OCH3 is 1. The van der Waals surface area contributed by atoms with E-state index in [0.29, 0.717) is 5.56 Å². The van der Waals surface area contributed by atoms with Gasteiger partial charge in [0.15, 0.2) is 0 Å². The standard InChI is InChI=1S/C11H13NO4/c1-7-3-5-8(6-4-7)9(13)12-10(16-2)11(14)15/h3-6,10H,1-2H3,(H,12,13)(H,14,15). The molecule has 1 aromatic carbocycles. The molecular weight excluding hydrogens is 210 g/mol. The average molecular weight is 223 g/mol. The number of carbonyl (C=O) groups excluding carboxylic acids is 1. The third-order valence-corrected chi connectivity index (χ3v) is 2.04. The number of nitrogens with one attached hydrogen (secondary N) is 1. The van der Waals surface area contributed by atoms with Crippen molar-refractivity contribution < 1.29 is 19.4 Å². The van der Waals surface area contributed by atoms with E-state index in [1.54, 1.807) is 24.3 Å². The molecule has 1 atom stereocenters. The zero-order valence-electron chi connectivity index (χ0n) is 9.06. The Morgan fingerprint density at radius 3 is 2.31 bits per heavy atom. The first-order valence-electron chi connectivity index (χ1n) is 4.67. The number of carboxylic acids is 1. The molecule has 1 aromatic rings. The highest BCUT2D eigenvalue weighted by atomic mass is 16.5. The van der Waals surface area contributed by atoms with Crippen molar-refractivity contribution in [2.45, 2.75) is 13.2 Å². The molecule has 0 aliphatic rings. The van der Waals surface area contributed by atoms with Crippen molar-refractivity contribution in [3.63, 3.8) is 0 Å². The van der Waals surface area contributed by atoms with Gasteiger partial charge in [-0.1, -0.05) is 17.7 Å². The number of aryl methyl sites for hydroxylation is 1. The highest BCUT2D eigenvalue weighted by molar-refractivity contribution is 5.96. The van der Waals surface area contributed by atoms with Gasteiger partial charge >= 0.3 is 5.97 Å². The van der Waals surface area contributed by atoms with Gasteiger partial charge < -0.3 is 15.2 Å². The van der Waals surface area contributed by atoms with Gasteiger partial charge in [0.1, 0.15) is 0 Å². The Balaban J connectivity index is 2.71. The largest absolute Gasteiger partial charge is 0.478 e. The van der Waals surface area contributed by atoms with Gasteiger partial charge in [0, 0.05) is 12.7 Å². The number of amides is 1. The van der Waals surface area contributed by atoms with E-state index in [4.69, 9.17) is 5.11 Å². The molecule has 0 aliphatic carbocycles. The summed E-state index contributed by atoms with van der Waals surface area (Å²) in [5.41, 5.74) is 1.42. The molecule has 0 spiro atoms. The van der Waals surface area contributed by atoms with Crippen molar-refractivity contribution in [3.05, 3.63) is 35.4 Å². The molecule has 5 heteroatoms. The first-order valence-corrected chi connectivity index (χ1v) is 4.67. The van der Waals surface area contributed by atoms with E-state index in [0.717, 1.165) is 5.56 Å². The second-order valence-electron chi connectivity index (χ2n) is 3.29. The lowest BCUT2D eigenvalue weighted by Crippen LogP contribution is -2.42. The van der Waals surface area contributed by atoms with Crippen molar-refractivity contribution in [1.82, 2.24) is 5.32 Å². The molecule has 5 nitrogen and oxygen atoms in total. The van der Waals surface area contributed by atoms with Crippen LogP contribution in [-0.4, -0.2) is 30.3 Å². The van der Waals surface area contributed by atoms with Crippen LogP contribution in [0.25, 0.3) is 0 Å². The summed E-state index contributed by atoms with van der Waals surface area (Å²) in [5, 5.41) is 10.9. The summed E-state index contributed by atoms with van der Waals surface area (Å²) >= 11 is 0. The van der Waals surface area contributed by atoms with Crippen LogP contribution >= 0.6 is 0 Å². The topological polar surface area (TPSA) is 75.6 Å². The smallest absolute Gasteiger partial charge is 0.354 e. The fraction of sp³-hybridized carbons (Fsp3) is 0.273. The fourth-order valence-corrected chi connectivity index (χ4v) is 1.13. The van der Waals surface area contributed by atoms with Crippen molar-refractivity contribution in [2.75, 3.05) is 7.11 Å². The predicted octanol–water partition coefficient (Wildman–Crippen LogP) is 0.782. The van der Waals surface area contributed by atoms with Gasteiger partial charge in [-0.15, -0.1) is 0 Å². The van der Waals surface area contributed by atoms with Crippen LogP contribution in [0.3, 0.4) is 0 Å². The van der Waals surface area contributed by atoms with Crippen LogP contribution in [0, 0.1) is 6.92 Å². The van der Waals surface area contributed by atoms with E-state index in [9.17, 15) is 9.59 Å². The minimum Gasteiger partial charge on any atom is -0.478 e. The monoisotopic (exact) mass is 223 g/mol. The normalized spacial score (nSPS) is 11.9. The van der Waals surface area contributed by atoms with Crippen LogP contribution in [0.5, 0.6) is 0 Å². The summed E-state index contributed by atoms with van der Waals surface area (Å²) < 4.78 is 4.60. The van der Waals surface area contributed by atoms with Gasteiger partial charge in [-0.3, -0.25) is 4.79 Å². The van der Waals surface area contributed by atoms with E-state index in [1.165, 1.54) is 7.11 Å². The minimum absolute atomic E-state index is 0.397. The molecule has 0 aromatic heterocycles. The lowest BCUT2D eigenvalue weighted by Gasteiger charge is -2.12. The van der Waals surface area contributed by atoms with Gasteiger partial charge in [0.25, 0.3) is 5.91 Å². The molecule has 86 valence electrons. The first-order chi connectivity index (χ1) is 7.54. The van der Waals surface area contributed by atoms with E-state index >= 15 is 0 Å². The Morgan fingerprint density at radius 2 is 1.88 bits per heavy atom. The SMILES string of the molecule is COC(NC(=O)c1ccc(C)cc1)C(=O)O. The van der Waals surface area contributed by atoms with Gasteiger partial charge in [-0.05, 0) is 19.1 Å². The Kier molecular flexibility index (Phi) is 4.02. The number of hydrogen-bond acceptors (Lipinski definition) is 3. The Labute approximate surface area is 93.0 Å². The fourth-order valence-electron chi connectivity index (χ4n) is 1.13. The number of carboxylic acid groups (broad SMARTS) is 1. The summed E-state index contributed by atoms with van der Waals surface area (Å²) in [6, 6.07) is 6.80. The Bertz CT molecular complexity index is 385. The van der Waals surface area contributed by atoms with E-state index < -0.39 is 18.1 Å². The zero-order valence-corrected chi connectivity index (χ0v) is 9.06. The van der Waals surface area contributed by atoms with Crippen LogP contribution in [0.15, 0.2) is 24.3 Å². The lowest BCUT2D eigenvalue weighted by molar-refractivity contribution is -0.149. The summed E-state index contributed by atoms with van der Waals surface area (Å²) in [6.07, 6.45) is -1.33. The molecule has 0 aliphatic heterocycles. The number of carbonyl (C=O) groups is 2. The molecule has 0 saturated heterocycles. The third-order valence-electron chi connectivity index (χ3n) is 2.04. The number of rotatable bonds is 4. The molecule has 0 saturated carbocycles. The molecule has 0 bridgehead atoms. The summed E-state index contributed by atoms with van der Waals surface area (Å²) in [6.45, 7) is 1.90. The molecule has 16 heavy (non-hydrogen) atoms. The average Bonchev–Trinajstić information content (AvgIpc) is 2.26. The maximum Gasteiger partial charge on any atom is 0.354 e. The van der Waals surface area contributed by atoms with Crippen molar-refractivity contribution in [2.24, 2.45) is 0 Å². The zero-order chi connectivity index (χ0) is 12.1. The van der Waals surface area contributed by atoms with Crippen LogP contribution in [0.4, 0.5) is 0 Å². The second kappa shape index (κ2) is 5.27. The molecule has 0 heterocycles. The van der Waals surface area contributed by atoms with Crippen molar-refractivity contribution in [1.29, 1.82) is 0 Å². The van der Waals surface area contributed by atoms with Gasteiger partial charge in [0.2, 0.25) is 6.23 Å². The number of ether oxygens (including phenoxy) is 1. The van der Waals surface area contributed by atoms with Crippen LogP contribution in [0.2, 0.25) is 0 Å². The van der Waals surface area contributed by atoms with Crippen molar-refractivity contribution in [3.8, 4) is 0 Å². The highest BCUT2D eigenvalue weighted by Gasteiger charge is 2.19. The molecule has 1 amide bonds. The molecular formula is C11H13NO4. The minimum atomic E-state index is -1.33. The summed E-state index contributed by atoms with van der Waals surface area (Å²) in [7, 11) is 1.22. The Hall–Kier alpha value is -1.88. The van der Waals surface area contributed by atoms with E-state index in [2.05, 4.69) is 10.1 Å². The van der Waals surface area contributed by atoms with E-state index in [1.807, 2.05) is 6.92 Å². The molecule has 0 fully saturated rings.